The number of nitrogens with zero attached hydrogens (tertiary/aromatic N) is 3. The van der Waals surface area contributed by atoms with Crippen LogP contribution < -0.4 is 9.62 Å². The number of rotatable bonds is 7. The minimum atomic E-state index is -0.518. The molecule has 11 heteroatoms. The second-order valence-corrected chi connectivity index (χ2v) is 6.56. The van der Waals surface area contributed by atoms with E-state index in [-0.39, 0.29) is 11.4 Å². The molecule has 0 spiro atoms. The number of carbonyl (C=O) groups is 1. The van der Waals surface area contributed by atoms with Gasteiger partial charge in [-0.05, 0) is 36.2 Å². The van der Waals surface area contributed by atoms with Gasteiger partial charge in [0.05, 0.1) is 16.4 Å². The van der Waals surface area contributed by atoms with Gasteiger partial charge < -0.3 is 4.74 Å². The van der Waals surface area contributed by atoms with Crippen molar-refractivity contribution in [1.82, 2.24) is 4.72 Å². The number of hydrogen-bond donors (Lipinski definition) is 1. The number of anilines is 1. The molecule has 1 fully saturated rings. The maximum atomic E-state index is 12.0. The third-order valence-corrected chi connectivity index (χ3v) is 4.61. The number of benzene rings is 2. The Hall–Kier alpha value is -3.18. The Morgan fingerprint density at radius 2 is 1.59 bits per heavy atom. The molecule has 0 saturated carbocycles. The third-order valence-electron chi connectivity index (χ3n) is 3.79. The van der Waals surface area contributed by atoms with Crippen LogP contribution in [0.4, 0.5) is 21.9 Å². The molecule has 1 saturated heterocycles. The molecule has 0 unspecified atom stereocenters. The molecule has 1 atom stereocenters. The molecule has 0 bridgehead atoms. The normalized spacial score (nSPS) is 16.2. The first-order chi connectivity index (χ1) is 12.9. The number of amides is 1. The molecule has 1 aliphatic rings. The first-order valence-corrected chi connectivity index (χ1v) is 8.62. The summed E-state index contributed by atoms with van der Waals surface area (Å²) in [6, 6.07) is 11.7. The fourth-order valence-corrected chi connectivity index (χ4v) is 3.15. The van der Waals surface area contributed by atoms with Gasteiger partial charge in [0.15, 0.2) is 0 Å². The van der Waals surface area contributed by atoms with Gasteiger partial charge in [0.25, 0.3) is 11.4 Å². The summed E-state index contributed by atoms with van der Waals surface area (Å²) in [6.45, 7) is 0.682. The van der Waals surface area contributed by atoms with Gasteiger partial charge in [0, 0.05) is 41.4 Å². The third kappa shape index (κ3) is 4.51. The number of non-ortho nitro benzene ring substituents is 2. The number of carbonyl (C=O) groups excluding carboxylic acids is 1. The van der Waals surface area contributed by atoms with E-state index in [0.29, 0.717) is 18.8 Å². The van der Waals surface area contributed by atoms with Crippen molar-refractivity contribution in [3.63, 3.8) is 0 Å². The van der Waals surface area contributed by atoms with Crippen molar-refractivity contribution in [1.29, 1.82) is 0 Å². The average Bonchev–Trinajstić information content (AvgIpc) is 3.02. The zero-order valence-corrected chi connectivity index (χ0v) is 14.6. The smallest absolute Gasteiger partial charge is 0.414 e. The van der Waals surface area contributed by atoms with Gasteiger partial charge in [-0.2, -0.15) is 0 Å². The molecule has 1 N–H and O–H groups in total. The van der Waals surface area contributed by atoms with Crippen LogP contribution in [0.3, 0.4) is 0 Å². The van der Waals surface area contributed by atoms with Crippen molar-refractivity contribution >= 4 is 35.1 Å². The molecule has 0 radical (unpaired) electrons. The van der Waals surface area contributed by atoms with Crippen LogP contribution in [-0.4, -0.2) is 35.1 Å². The molecule has 2 aromatic rings. The Kier molecular flexibility index (Phi) is 5.52. The number of hydrogen-bond acceptors (Lipinski definition) is 8. The van der Waals surface area contributed by atoms with Crippen LogP contribution >= 0.6 is 11.9 Å². The van der Waals surface area contributed by atoms with E-state index in [2.05, 4.69) is 4.72 Å². The number of nitrogens with one attached hydrogen (secondary N) is 1. The van der Waals surface area contributed by atoms with E-state index < -0.39 is 22.0 Å². The second kappa shape index (κ2) is 8.01. The van der Waals surface area contributed by atoms with Crippen molar-refractivity contribution in [3.8, 4) is 0 Å². The number of nitro groups is 2. The topological polar surface area (TPSA) is 128 Å². The van der Waals surface area contributed by atoms with Gasteiger partial charge >= 0.3 is 6.09 Å². The molecule has 1 heterocycles. The van der Waals surface area contributed by atoms with Crippen molar-refractivity contribution in [3.05, 3.63) is 68.8 Å². The van der Waals surface area contributed by atoms with E-state index in [9.17, 15) is 25.0 Å². The summed E-state index contributed by atoms with van der Waals surface area (Å²) >= 11 is 1.27. The van der Waals surface area contributed by atoms with Crippen LogP contribution in [-0.2, 0) is 4.74 Å². The Morgan fingerprint density at radius 1 is 1.04 bits per heavy atom. The van der Waals surface area contributed by atoms with Crippen LogP contribution in [0, 0.1) is 20.2 Å². The second-order valence-electron chi connectivity index (χ2n) is 5.59. The largest absolute Gasteiger partial charge is 0.443 e. The van der Waals surface area contributed by atoms with E-state index in [4.69, 9.17) is 4.74 Å². The fourth-order valence-electron chi connectivity index (χ4n) is 2.45. The van der Waals surface area contributed by atoms with Crippen LogP contribution in [0.15, 0.2) is 53.4 Å². The summed E-state index contributed by atoms with van der Waals surface area (Å²) in [4.78, 5) is 34.6. The molecule has 3 rings (SSSR count). The molecular weight excluding hydrogens is 376 g/mol. The maximum Gasteiger partial charge on any atom is 0.414 e. The van der Waals surface area contributed by atoms with Crippen molar-refractivity contribution in [2.45, 2.75) is 11.0 Å². The van der Waals surface area contributed by atoms with E-state index >= 15 is 0 Å². The minimum absolute atomic E-state index is 0.0165. The van der Waals surface area contributed by atoms with Crippen LogP contribution in [0.25, 0.3) is 0 Å². The molecule has 140 valence electrons. The number of nitro benzene ring substituents is 2. The zero-order chi connectivity index (χ0) is 19.4. The first-order valence-electron chi connectivity index (χ1n) is 7.81. The highest BCUT2D eigenvalue weighted by atomic mass is 32.2. The minimum Gasteiger partial charge on any atom is -0.443 e. The summed E-state index contributed by atoms with van der Waals surface area (Å²) in [6.07, 6.45) is -0.908. The lowest BCUT2D eigenvalue weighted by Gasteiger charge is -2.12. The quantitative estimate of drug-likeness (QED) is 0.434. The van der Waals surface area contributed by atoms with Gasteiger partial charge in [-0.3, -0.25) is 29.9 Å². The Labute approximate surface area is 157 Å². The molecular formula is C16H14N4O6S. The van der Waals surface area contributed by atoms with E-state index in [1.807, 2.05) is 0 Å². The van der Waals surface area contributed by atoms with Crippen molar-refractivity contribution in [2.24, 2.45) is 0 Å². The van der Waals surface area contributed by atoms with Crippen molar-refractivity contribution in [2.75, 3.05) is 18.0 Å². The Balaban J connectivity index is 1.51. The van der Waals surface area contributed by atoms with E-state index in [0.717, 1.165) is 4.90 Å². The predicted octanol–water partition coefficient (Wildman–Crippen LogP) is 3.13. The van der Waals surface area contributed by atoms with Gasteiger partial charge in [-0.1, -0.05) is 0 Å². The molecule has 1 amide bonds. The van der Waals surface area contributed by atoms with Crippen molar-refractivity contribution < 1.29 is 19.4 Å². The fraction of sp³-hybridized carbons (Fsp3) is 0.188. The summed E-state index contributed by atoms with van der Waals surface area (Å²) in [5.74, 6) is 0. The zero-order valence-electron chi connectivity index (χ0n) is 13.8. The monoisotopic (exact) mass is 390 g/mol. The summed E-state index contributed by atoms with van der Waals surface area (Å²) in [5.41, 5.74) is 0.489. The molecule has 27 heavy (non-hydrogen) atoms. The maximum absolute atomic E-state index is 12.0. The Bertz CT molecular complexity index is 858. The highest BCUT2D eigenvalue weighted by Gasteiger charge is 2.32. The SMILES string of the molecule is O=C1O[C@H](CNSc2ccc([N+](=O)[O-])cc2)CN1c1ccc([N+](=O)[O-])cc1. The molecule has 1 aliphatic heterocycles. The van der Waals surface area contributed by atoms with Gasteiger partial charge in [0.2, 0.25) is 0 Å². The predicted molar refractivity (Wildman–Crippen MR) is 97.7 cm³/mol. The summed E-state index contributed by atoms with van der Waals surface area (Å²) in [7, 11) is 0. The van der Waals surface area contributed by atoms with E-state index in [1.54, 1.807) is 12.1 Å². The molecule has 0 aliphatic carbocycles. The van der Waals surface area contributed by atoms with Crippen LogP contribution in [0.5, 0.6) is 0 Å². The van der Waals surface area contributed by atoms with Crippen LogP contribution in [0.2, 0.25) is 0 Å². The lowest BCUT2D eigenvalue weighted by molar-refractivity contribution is -0.385. The van der Waals surface area contributed by atoms with E-state index in [1.165, 1.54) is 53.2 Å². The lowest BCUT2D eigenvalue weighted by atomic mass is 10.2. The molecule has 2 aromatic carbocycles. The summed E-state index contributed by atoms with van der Waals surface area (Å²) in [5, 5.41) is 21.3. The molecule has 0 aromatic heterocycles. The Morgan fingerprint density at radius 3 is 2.15 bits per heavy atom. The van der Waals surface area contributed by atoms with Gasteiger partial charge in [-0.15, -0.1) is 0 Å². The van der Waals surface area contributed by atoms with Gasteiger partial charge in [-0.25, -0.2) is 4.79 Å². The average molecular weight is 390 g/mol. The number of cyclic esters (lactones) is 1. The molecule has 10 nitrogen and oxygen atoms in total. The van der Waals surface area contributed by atoms with Gasteiger partial charge in [0.1, 0.15) is 6.10 Å². The standard InChI is InChI=1S/C16H14N4O6S/c21-16-18(11-1-3-12(4-2-11)19(22)23)10-14(26-16)9-17-27-15-7-5-13(6-8-15)20(24)25/h1-8,14,17H,9-10H2/t14-/m1/s1. The number of ether oxygens (including phenoxy) is 1. The first kappa shape index (κ1) is 18.6. The highest BCUT2D eigenvalue weighted by molar-refractivity contribution is 7.97. The highest BCUT2D eigenvalue weighted by Crippen LogP contribution is 2.25. The lowest BCUT2D eigenvalue weighted by Crippen LogP contribution is -2.28. The summed E-state index contributed by atoms with van der Waals surface area (Å²) < 4.78 is 8.35. The van der Waals surface area contributed by atoms with Crippen LogP contribution in [0.1, 0.15) is 0 Å².